The first kappa shape index (κ1) is 33.2. The van der Waals surface area contributed by atoms with Gasteiger partial charge in [-0.25, -0.2) is 4.79 Å². The standard InChI is InChI=1S/C38H42ClN3O5/c39-33-16-14-32(15-17-33)38(45)18-20-42(21-19-38)25-34-22-35(30-10-8-29(26-43)9-11-30)47-36(46-34)31-12-6-28(7-13-31)24-41-37(44)40-23-27-4-2-1-3-5-27/h1-17,34-36,43,45H,18-26H2,(H2,40,41,44)/t34-,35+,36+/m1/s1. The van der Waals surface area contributed by atoms with Gasteiger partial charge < -0.3 is 35.2 Å². The number of likely N-dealkylation sites (tertiary alicyclic amines) is 1. The third-order valence-electron chi connectivity index (χ3n) is 9.14. The number of nitrogens with zero attached hydrogens (tertiary/aromatic N) is 1. The number of aliphatic hydroxyl groups excluding tert-OH is 1. The minimum atomic E-state index is -0.865. The summed E-state index contributed by atoms with van der Waals surface area (Å²) in [5.41, 5.74) is 4.85. The second-order valence-corrected chi connectivity index (χ2v) is 12.9. The molecule has 2 fully saturated rings. The molecule has 0 aromatic heterocycles. The van der Waals surface area contributed by atoms with Gasteiger partial charge in [-0.1, -0.05) is 103 Å². The van der Waals surface area contributed by atoms with E-state index in [4.69, 9.17) is 21.1 Å². The van der Waals surface area contributed by atoms with Crippen molar-refractivity contribution in [2.45, 2.75) is 63.1 Å². The number of hydrogen-bond acceptors (Lipinski definition) is 6. The first-order chi connectivity index (χ1) is 22.9. The van der Waals surface area contributed by atoms with E-state index in [0.29, 0.717) is 37.4 Å². The Morgan fingerprint density at radius 3 is 2.02 bits per heavy atom. The SMILES string of the molecule is O=C(NCc1ccccc1)NCc1ccc([C@H]2O[C@@H](CN3CCC(O)(c4ccc(Cl)cc4)CC3)C[C@@H](c3ccc(CO)cc3)O2)cc1. The Hall–Kier alpha value is -3.76. The zero-order valence-corrected chi connectivity index (χ0v) is 27.1. The van der Waals surface area contributed by atoms with Crippen LogP contribution in [-0.2, 0) is 34.8 Å². The summed E-state index contributed by atoms with van der Waals surface area (Å²) in [6.45, 7) is 3.08. The molecule has 2 heterocycles. The number of urea groups is 1. The van der Waals surface area contributed by atoms with E-state index in [1.54, 1.807) is 0 Å². The lowest BCUT2D eigenvalue weighted by Crippen LogP contribution is -2.46. The van der Waals surface area contributed by atoms with Gasteiger partial charge in [-0.3, -0.25) is 0 Å². The average molecular weight is 656 g/mol. The molecule has 9 heteroatoms. The van der Waals surface area contributed by atoms with Crippen LogP contribution in [0.2, 0.25) is 5.02 Å². The first-order valence-corrected chi connectivity index (χ1v) is 16.6. The van der Waals surface area contributed by atoms with Gasteiger partial charge >= 0.3 is 6.03 Å². The maximum absolute atomic E-state index is 12.3. The molecule has 3 atom stereocenters. The number of hydrogen-bond donors (Lipinski definition) is 4. The molecule has 2 saturated heterocycles. The van der Waals surface area contributed by atoms with Crippen molar-refractivity contribution in [1.82, 2.24) is 15.5 Å². The van der Waals surface area contributed by atoms with E-state index in [0.717, 1.165) is 53.0 Å². The molecular formula is C38H42ClN3O5. The van der Waals surface area contributed by atoms with Gasteiger partial charge in [-0.15, -0.1) is 0 Å². The third kappa shape index (κ3) is 8.78. The summed E-state index contributed by atoms with van der Waals surface area (Å²) in [5.74, 6) is 0. The number of nitrogens with one attached hydrogen (secondary N) is 2. The fraction of sp³-hybridized carbons (Fsp3) is 0.342. The molecule has 2 aliphatic rings. The van der Waals surface area contributed by atoms with Crippen molar-refractivity contribution in [3.63, 3.8) is 0 Å². The molecule has 0 radical (unpaired) electrons. The summed E-state index contributed by atoms with van der Waals surface area (Å²) in [5, 5.41) is 27.4. The van der Waals surface area contributed by atoms with Crippen LogP contribution in [0.25, 0.3) is 0 Å². The molecule has 4 aromatic carbocycles. The molecule has 47 heavy (non-hydrogen) atoms. The van der Waals surface area contributed by atoms with Gasteiger partial charge in [0.15, 0.2) is 6.29 Å². The predicted molar refractivity (Wildman–Crippen MR) is 181 cm³/mol. The van der Waals surface area contributed by atoms with Crippen molar-refractivity contribution in [2.75, 3.05) is 19.6 Å². The normalized spacial score (nSPS) is 21.2. The van der Waals surface area contributed by atoms with Crippen molar-refractivity contribution in [1.29, 1.82) is 0 Å². The topological polar surface area (TPSA) is 103 Å². The number of rotatable bonds is 10. The number of halogens is 1. The van der Waals surface area contributed by atoms with Crippen LogP contribution in [0.3, 0.4) is 0 Å². The second-order valence-electron chi connectivity index (χ2n) is 12.5. The van der Waals surface area contributed by atoms with Crippen molar-refractivity contribution < 1.29 is 24.5 Å². The van der Waals surface area contributed by atoms with Crippen molar-refractivity contribution in [3.05, 3.63) is 142 Å². The first-order valence-electron chi connectivity index (χ1n) is 16.2. The number of amides is 2. The van der Waals surface area contributed by atoms with Crippen molar-refractivity contribution in [3.8, 4) is 0 Å². The Kier molecular flexibility index (Phi) is 10.9. The molecule has 0 spiro atoms. The largest absolute Gasteiger partial charge is 0.392 e. The smallest absolute Gasteiger partial charge is 0.315 e. The number of benzene rings is 4. The zero-order chi connectivity index (χ0) is 32.6. The lowest BCUT2D eigenvalue weighted by Gasteiger charge is -2.42. The van der Waals surface area contributed by atoms with Crippen molar-refractivity contribution >= 4 is 17.6 Å². The Labute approximate surface area is 281 Å². The Morgan fingerprint density at radius 2 is 1.38 bits per heavy atom. The minimum absolute atomic E-state index is 0.00656. The van der Waals surface area contributed by atoms with Crippen LogP contribution in [-0.4, -0.2) is 46.9 Å². The highest BCUT2D eigenvalue weighted by molar-refractivity contribution is 6.30. The predicted octanol–water partition coefficient (Wildman–Crippen LogP) is 6.36. The van der Waals surface area contributed by atoms with Gasteiger partial charge in [0.2, 0.25) is 0 Å². The summed E-state index contributed by atoms with van der Waals surface area (Å²) in [6.07, 6.45) is 1.11. The summed E-state index contributed by atoms with van der Waals surface area (Å²) in [7, 11) is 0. The van der Waals surface area contributed by atoms with E-state index < -0.39 is 11.9 Å². The summed E-state index contributed by atoms with van der Waals surface area (Å²) in [6, 6.07) is 32.9. The second kappa shape index (κ2) is 15.4. The molecule has 2 aliphatic heterocycles. The molecule has 0 aliphatic carbocycles. The van der Waals surface area contributed by atoms with Crippen LogP contribution in [0.15, 0.2) is 103 Å². The van der Waals surface area contributed by atoms with Crippen LogP contribution in [0, 0.1) is 0 Å². The van der Waals surface area contributed by atoms with Crippen LogP contribution >= 0.6 is 11.6 Å². The molecule has 8 nitrogen and oxygen atoms in total. The summed E-state index contributed by atoms with van der Waals surface area (Å²) < 4.78 is 13.1. The molecule has 0 unspecified atom stereocenters. The highest BCUT2D eigenvalue weighted by Gasteiger charge is 2.37. The van der Waals surface area contributed by atoms with E-state index in [2.05, 4.69) is 15.5 Å². The molecule has 6 rings (SSSR count). The Balaban J connectivity index is 1.08. The fourth-order valence-electron chi connectivity index (χ4n) is 6.29. The zero-order valence-electron chi connectivity index (χ0n) is 26.4. The highest BCUT2D eigenvalue weighted by atomic mass is 35.5. The molecule has 0 bridgehead atoms. The maximum atomic E-state index is 12.3. The van der Waals surface area contributed by atoms with Crippen LogP contribution in [0.1, 0.15) is 65.0 Å². The maximum Gasteiger partial charge on any atom is 0.315 e. The Morgan fingerprint density at radius 1 is 0.787 bits per heavy atom. The summed E-state index contributed by atoms with van der Waals surface area (Å²) >= 11 is 6.07. The molecule has 246 valence electrons. The van der Waals surface area contributed by atoms with Gasteiger partial charge in [0.05, 0.1) is 24.4 Å². The van der Waals surface area contributed by atoms with Crippen LogP contribution < -0.4 is 10.6 Å². The lowest BCUT2D eigenvalue weighted by molar-refractivity contribution is -0.253. The number of carbonyl (C=O) groups excluding carboxylic acids is 1. The van der Waals surface area contributed by atoms with Crippen LogP contribution in [0.4, 0.5) is 4.79 Å². The van der Waals surface area contributed by atoms with Gasteiger partial charge in [0.1, 0.15) is 0 Å². The van der Waals surface area contributed by atoms with Gasteiger partial charge in [0, 0.05) is 49.7 Å². The van der Waals surface area contributed by atoms with E-state index in [1.165, 1.54) is 0 Å². The molecule has 4 aromatic rings. The summed E-state index contributed by atoms with van der Waals surface area (Å²) in [4.78, 5) is 14.7. The van der Waals surface area contributed by atoms with Crippen molar-refractivity contribution in [2.24, 2.45) is 0 Å². The molecule has 4 N–H and O–H groups in total. The van der Waals surface area contributed by atoms with E-state index in [9.17, 15) is 15.0 Å². The number of carbonyl (C=O) groups is 1. The quantitative estimate of drug-likeness (QED) is 0.159. The number of ether oxygens (including phenoxy) is 2. The number of aliphatic hydroxyl groups is 2. The van der Waals surface area contributed by atoms with Gasteiger partial charge in [0.25, 0.3) is 0 Å². The fourth-order valence-corrected chi connectivity index (χ4v) is 6.42. The van der Waals surface area contributed by atoms with E-state index >= 15 is 0 Å². The van der Waals surface area contributed by atoms with E-state index in [1.807, 2.05) is 103 Å². The Bertz CT molecular complexity index is 1580. The van der Waals surface area contributed by atoms with Gasteiger partial charge in [-0.05, 0) is 52.8 Å². The highest BCUT2D eigenvalue weighted by Crippen LogP contribution is 2.39. The molecular weight excluding hydrogens is 614 g/mol. The third-order valence-corrected chi connectivity index (χ3v) is 9.39. The van der Waals surface area contributed by atoms with Crippen LogP contribution in [0.5, 0.6) is 0 Å². The van der Waals surface area contributed by atoms with E-state index in [-0.39, 0.29) is 24.8 Å². The average Bonchev–Trinajstić information content (AvgIpc) is 3.11. The minimum Gasteiger partial charge on any atom is -0.392 e. The molecule has 0 saturated carbocycles. The number of piperidine rings is 1. The monoisotopic (exact) mass is 655 g/mol. The molecule has 2 amide bonds. The lowest BCUT2D eigenvalue weighted by atomic mass is 9.84. The van der Waals surface area contributed by atoms with Gasteiger partial charge in [-0.2, -0.15) is 0 Å².